The van der Waals surface area contributed by atoms with Gasteiger partial charge in [-0.2, -0.15) is 0 Å². The van der Waals surface area contributed by atoms with E-state index < -0.39 is 5.97 Å². The third-order valence-electron chi connectivity index (χ3n) is 2.67. The van der Waals surface area contributed by atoms with E-state index >= 15 is 0 Å². The van der Waals surface area contributed by atoms with Gasteiger partial charge in [-0.25, -0.2) is 14.8 Å². The Morgan fingerprint density at radius 3 is 3.00 bits per heavy atom. The van der Waals surface area contributed by atoms with Crippen LogP contribution in [0.2, 0.25) is 0 Å². The molecule has 20 heavy (non-hydrogen) atoms. The lowest BCUT2D eigenvalue weighted by molar-refractivity contribution is 0.0696. The monoisotopic (exact) mass is 287 g/mol. The third kappa shape index (κ3) is 2.19. The van der Waals surface area contributed by atoms with Crippen LogP contribution in [-0.4, -0.2) is 26.0 Å². The van der Waals surface area contributed by atoms with Crippen molar-refractivity contribution in [3.63, 3.8) is 0 Å². The molecule has 0 spiro atoms. The highest BCUT2D eigenvalue weighted by Crippen LogP contribution is 2.32. The van der Waals surface area contributed by atoms with E-state index in [0.29, 0.717) is 11.6 Å². The highest BCUT2D eigenvalue weighted by Gasteiger charge is 2.11. The lowest BCUT2D eigenvalue weighted by Crippen LogP contribution is -1.98. The predicted octanol–water partition coefficient (Wildman–Crippen LogP) is 2.89. The summed E-state index contributed by atoms with van der Waals surface area (Å²) in [7, 11) is 0. The second kappa shape index (κ2) is 4.86. The molecule has 3 aromatic rings. The number of fused-ring (bicyclic) bond motifs is 1. The first-order valence-corrected chi connectivity index (χ1v) is 6.58. The number of hydrogen-bond donors (Lipinski definition) is 1. The number of carbonyl (C=O) groups is 1. The first kappa shape index (κ1) is 12.5. The van der Waals surface area contributed by atoms with Crippen LogP contribution in [0.25, 0.3) is 10.2 Å². The van der Waals surface area contributed by atoms with Crippen molar-refractivity contribution in [3.05, 3.63) is 41.3 Å². The lowest BCUT2D eigenvalue weighted by Gasteiger charge is -2.05. The average molecular weight is 287 g/mol. The molecule has 0 fully saturated rings. The zero-order valence-electron chi connectivity index (χ0n) is 10.4. The van der Waals surface area contributed by atoms with Gasteiger partial charge in [-0.1, -0.05) is 0 Å². The fraction of sp³-hybridized carbons (Fsp3) is 0.0769. The minimum atomic E-state index is -1.05. The number of aromatic carboxylic acids is 1. The first-order chi connectivity index (χ1) is 9.65. The zero-order valence-corrected chi connectivity index (χ0v) is 11.2. The average Bonchev–Trinajstić information content (AvgIpc) is 2.82. The van der Waals surface area contributed by atoms with E-state index in [1.807, 2.05) is 12.3 Å². The van der Waals surface area contributed by atoms with Crippen LogP contribution in [0.1, 0.15) is 15.9 Å². The van der Waals surface area contributed by atoms with Crippen molar-refractivity contribution in [1.29, 1.82) is 0 Å². The van der Waals surface area contributed by atoms with Crippen molar-refractivity contribution in [1.82, 2.24) is 15.0 Å². The fourth-order valence-corrected chi connectivity index (χ4v) is 2.65. The molecule has 0 saturated carbocycles. The van der Waals surface area contributed by atoms with Gasteiger partial charge in [-0.05, 0) is 23.9 Å². The summed E-state index contributed by atoms with van der Waals surface area (Å²) >= 11 is 1.48. The van der Waals surface area contributed by atoms with Gasteiger partial charge in [0.2, 0.25) is 5.88 Å². The maximum Gasteiger partial charge on any atom is 0.337 e. The lowest BCUT2D eigenvalue weighted by atomic mass is 10.3. The zero-order chi connectivity index (χ0) is 14.1. The first-order valence-electron chi connectivity index (χ1n) is 5.70. The number of pyridine rings is 1. The van der Waals surface area contributed by atoms with Crippen LogP contribution in [0.5, 0.6) is 11.6 Å². The highest BCUT2D eigenvalue weighted by atomic mass is 32.1. The SMILES string of the molecule is Cc1csc2c(Oc3cncc(C(=O)O)c3)ncnc12. The van der Waals surface area contributed by atoms with E-state index in [1.54, 1.807) is 0 Å². The molecule has 0 aliphatic rings. The van der Waals surface area contributed by atoms with Gasteiger partial charge in [0.15, 0.2) is 0 Å². The Hall–Kier alpha value is -2.54. The maximum atomic E-state index is 10.9. The van der Waals surface area contributed by atoms with Gasteiger partial charge in [0.1, 0.15) is 16.8 Å². The molecular formula is C13H9N3O3S. The summed E-state index contributed by atoms with van der Waals surface area (Å²) in [6.45, 7) is 1.96. The number of ether oxygens (including phenoxy) is 1. The minimum Gasteiger partial charge on any atom is -0.478 e. The van der Waals surface area contributed by atoms with Crippen LogP contribution in [0.15, 0.2) is 30.2 Å². The molecule has 0 aliphatic heterocycles. The molecule has 0 bridgehead atoms. The molecule has 100 valence electrons. The Labute approximate surface area is 117 Å². The van der Waals surface area contributed by atoms with Crippen LogP contribution in [-0.2, 0) is 0 Å². The summed E-state index contributed by atoms with van der Waals surface area (Å²) in [4.78, 5) is 23.0. The van der Waals surface area contributed by atoms with Crippen LogP contribution in [0, 0.1) is 6.92 Å². The van der Waals surface area contributed by atoms with Crippen LogP contribution in [0.3, 0.4) is 0 Å². The standard InChI is InChI=1S/C13H9N3O3S/c1-7-5-20-11-10(7)15-6-16-12(11)19-9-2-8(13(17)18)3-14-4-9/h2-6H,1H3,(H,17,18). The third-order valence-corrected chi connectivity index (χ3v) is 3.75. The summed E-state index contributed by atoms with van der Waals surface area (Å²) in [5.41, 5.74) is 1.95. The molecule has 3 heterocycles. The minimum absolute atomic E-state index is 0.0650. The Morgan fingerprint density at radius 2 is 2.20 bits per heavy atom. The van der Waals surface area contributed by atoms with E-state index in [1.165, 1.54) is 36.1 Å². The Bertz CT molecular complexity index is 800. The molecule has 0 radical (unpaired) electrons. The molecule has 3 rings (SSSR count). The largest absolute Gasteiger partial charge is 0.478 e. The number of nitrogens with zero attached hydrogens (tertiary/aromatic N) is 3. The molecule has 6 nitrogen and oxygen atoms in total. The number of carboxylic acids is 1. The molecule has 0 unspecified atom stereocenters. The topological polar surface area (TPSA) is 85.2 Å². The number of thiophene rings is 1. The highest BCUT2D eigenvalue weighted by molar-refractivity contribution is 7.17. The number of hydrogen-bond acceptors (Lipinski definition) is 6. The Morgan fingerprint density at radius 1 is 1.35 bits per heavy atom. The van der Waals surface area contributed by atoms with Crippen molar-refractivity contribution in [3.8, 4) is 11.6 Å². The van der Waals surface area contributed by atoms with Gasteiger partial charge in [-0.15, -0.1) is 11.3 Å². The Kier molecular flexibility index (Phi) is 3.03. The van der Waals surface area contributed by atoms with Gasteiger partial charge in [0.05, 0.1) is 17.3 Å². The van der Waals surface area contributed by atoms with Crippen molar-refractivity contribution < 1.29 is 14.6 Å². The predicted molar refractivity (Wildman–Crippen MR) is 73.4 cm³/mol. The summed E-state index contributed by atoms with van der Waals surface area (Å²) in [6.07, 6.45) is 4.13. The van der Waals surface area contributed by atoms with E-state index in [9.17, 15) is 4.79 Å². The van der Waals surface area contributed by atoms with Crippen molar-refractivity contribution in [2.45, 2.75) is 6.92 Å². The van der Waals surface area contributed by atoms with Gasteiger partial charge < -0.3 is 9.84 Å². The molecule has 3 aromatic heterocycles. The van der Waals surface area contributed by atoms with E-state index in [4.69, 9.17) is 9.84 Å². The second-order valence-corrected chi connectivity index (χ2v) is 4.97. The van der Waals surface area contributed by atoms with E-state index in [2.05, 4.69) is 15.0 Å². The van der Waals surface area contributed by atoms with Crippen molar-refractivity contribution in [2.24, 2.45) is 0 Å². The number of aryl methyl sites for hydroxylation is 1. The number of carboxylic acid groups (broad SMARTS) is 1. The van der Waals surface area contributed by atoms with Gasteiger partial charge in [0.25, 0.3) is 0 Å². The quantitative estimate of drug-likeness (QED) is 0.797. The molecule has 1 N–H and O–H groups in total. The van der Waals surface area contributed by atoms with E-state index in [0.717, 1.165) is 15.8 Å². The number of rotatable bonds is 3. The smallest absolute Gasteiger partial charge is 0.337 e. The molecular weight excluding hydrogens is 278 g/mol. The van der Waals surface area contributed by atoms with Crippen LogP contribution < -0.4 is 4.74 Å². The van der Waals surface area contributed by atoms with Gasteiger partial charge >= 0.3 is 5.97 Å². The van der Waals surface area contributed by atoms with Crippen molar-refractivity contribution >= 4 is 27.5 Å². The molecule has 0 aliphatic carbocycles. The van der Waals surface area contributed by atoms with Crippen molar-refractivity contribution in [2.75, 3.05) is 0 Å². The maximum absolute atomic E-state index is 10.9. The number of aromatic nitrogens is 3. The van der Waals surface area contributed by atoms with Gasteiger partial charge in [-0.3, -0.25) is 4.98 Å². The summed E-state index contributed by atoms with van der Waals surface area (Å²) in [5, 5.41) is 10.9. The summed E-state index contributed by atoms with van der Waals surface area (Å²) in [6, 6.07) is 1.41. The van der Waals surface area contributed by atoms with E-state index in [-0.39, 0.29) is 5.56 Å². The van der Waals surface area contributed by atoms with Crippen LogP contribution in [0.4, 0.5) is 0 Å². The molecule has 0 saturated heterocycles. The fourth-order valence-electron chi connectivity index (χ4n) is 1.72. The molecule has 0 atom stereocenters. The summed E-state index contributed by atoms with van der Waals surface area (Å²) in [5.74, 6) is -0.323. The normalized spacial score (nSPS) is 10.7. The van der Waals surface area contributed by atoms with Gasteiger partial charge in [0, 0.05) is 6.20 Å². The van der Waals surface area contributed by atoms with Crippen LogP contribution >= 0.6 is 11.3 Å². The molecule has 0 aromatic carbocycles. The second-order valence-electron chi connectivity index (χ2n) is 4.09. The molecule has 7 heteroatoms. The Balaban J connectivity index is 2.01. The molecule has 0 amide bonds. The summed E-state index contributed by atoms with van der Waals surface area (Å²) < 4.78 is 6.45.